The van der Waals surface area contributed by atoms with Crippen LogP contribution in [0.2, 0.25) is 5.02 Å². The Hall–Kier alpha value is -1.73. The van der Waals surface area contributed by atoms with E-state index in [1.165, 1.54) is 6.19 Å². The Morgan fingerprint density at radius 2 is 2.29 bits per heavy atom. The van der Waals surface area contributed by atoms with E-state index in [2.05, 4.69) is 0 Å². The Morgan fingerprint density at radius 1 is 1.57 bits per heavy atom. The molecule has 0 heterocycles. The molecule has 1 aromatic carbocycles. The van der Waals surface area contributed by atoms with Gasteiger partial charge in [0.05, 0.1) is 5.02 Å². The van der Waals surface area contributed by atoms with E-state index in [-0.39, 0.29) is 6.61 Å². The zero-order chi connectivity index (χ0) is 10.4. The molecular formula is C9H7ClN2O2. The van der Waals surface area contributed by atoms with Crippen molar-refractivity contribution in [3.05, 3.63) is 29.3 Å². The van der Waals surface area contributed by atoms with Crippen molar-refractivity contribution >= 4 is 17.5 Å². The quantitative estimate of drug-likeness (QED) is 0.605. The molecule has 0 atom stereocenters. The third-order valence-corrected chi connectivity index (χ3v) is 1.70. The van der Waals surface area contributed by atoms with Gasteiger partial charge in [0, 0.05) is 0 Å². The molecule has 0 bridgehead atoms. The van der Waals surface area contributed by atoms with Crippen molar-refractivity contribution in [2.45, 2.75) is 0 Å². The van der Waals surface area contributed by atoms with Gasteiger partial charge in [-0.05, 0) is 12.1 Å². The van der Waals surface area contributed by atoms with Gasteiger partial charge in [-0.2, -0.15) is 5.26 Å². The number of nitrogens with zero attached hydrogens (tertiary/aromatic N) is 1. The molecule has 0 aromatic heterocycles. The van der Waals surface area contributed by atoms with Gasteiger partial charge in [0.25, 0.3) is 5.91 Å². The van der Waals surface area contributed by atoms with Gasteiger partial charge in [0.2, 0.25) is 0 Å². The summed E-state index contributed by atoms with van der Waals surface area (Å²) in [5, 5.41) is 10.5. The van der Waals surface area contributed by atoms with Gasteiger partial charge in [0.15, 0.2) is 12.8 Å². The van der Waals surface area contributed by atoms with Crippen LogP contribution < -0.4 is 10.1 Å². The second-order valence-electron chi connectivity index (χ2n) is 2.38. The number of para-hydroxylation sites is 1. The van der Waals surface area contributed by atoms with Gasteiger partial charge in [-0.1, -0.05) is 23.7 Å². The molecule has 0 radical (unpaired) electrons. The topological polar surface area (TPSA) is 62.1 Å². The maximum Gasteiger partial charge on any atom is 0.270 e. The summed E-state index contributed by atoms with van der Waals surface area (Å²) in [6.07, 6.45) is 1.51. The number of hydrogen-bond acceptors (Lipinski definition) is 3. The molecule has 1 rings (SSSR count). The van der Waals surface area contributed by atoms with Gasteiger partial charge in [-0.3, -0.25) is 10.1 Å². The van der Waals surface area contributed by atoms with E-state index in [9.17, 15) is 4.79 Å². The SMILES string of the molecule is N#CNC(=O)COc1ccccc1Cl. The van der Waals surface area contributed by atoms with Gasteiger partial charge in [0.1, 0.15) is 5.75 Å². The largest absolute Gasteiger partial charge is 0.482 e. The molecule has 0 saturated carbocycles. The molecule has 0 aliphatic rings. The molecule has 0 aliphatic carbocycles. The average molecular weight is 211 g/mol. The monoisotopic (exact) mass is 210 g/mol. The lowest BCUT2D eigenvalue weighted by atomic mass is 10.3. The van der Waals surface area contributed by atoms with Crippen molar-refractivity contribution < 1.29 is 9.53 Å². The lowest BCUT2D eigenvalue weighted by molar-refractivity contribution is -0.121. The van der Waals surface area contributed by atoms with Crippen LogP contribution in [0.3, 0.4) is 0 Å². The number of ether oxygens (including phenoxy) is 1. The molecule has 14 heavy (non-hydrogen) atoms. The Morgan fingerprint density at radius 3 is 2.93 bits per heavy atom. The van der Waals surface area contributed by atoms with E-state index < -0.39 is 5.91 Å². The van der Waals surface area contributed by atoms with E-state index in [1.54, 1.807) is 24.3 Å². The first-order valence-corrected chi connectivity index (χ1v) is 4.17. The van der Waals surface area contributed by atoms with Crippen molar-refractivity contribution in [2.75, 3.05) is 6.61 Å². The predicted octanol–water partition coefficient (Wildman–Crippen LogP) is 1.32. The van der Waals surface area contributed by atoms with Crippen LogP contribution in [0.1, 0.15) is 0 Å². The maximum atomic E-state index is 10.8. The van der Waals surface area contributed by atoms with Gasteiger partial charge < -0.3 is 4.74 Å². The van der Waals surface area contributed by atoms with E-state index in [0.29, 0.717) is 10.8 Å². The number of nitrogens with one attached hydrogen (secondary N) is 1. The number of halogens is 1. The second-order valence-corrected chi connectivity index (χ2v) is 2.79. The van der Waals surface area contributed by atoms with Crippen molar-refractivity contribution in [1.82, 2.24) is 5.32 Å². The minimum absolute atomic E-state index is 0.225. The summed E-state index contributed by atoms with van der Waals surface area (Å²) in [6, 6.07) is 6.79. The first kappa shape index (κ1) is 10.4. The summed E-state index contributed by atoms with van der Waals surface area (Å²) in [7, 11) is 0. The molecule has 0 aliphatic heterocycles. The maximum absolute atomic E-state index is 10.8. The first-order valence-electron chi connectivity index (χ1n) is 3.79. The lowest BCUT2D eigenvalue weighted by Gasteiger charge is -2.05. The van der Waals surface area contributed by atoms with Crippen LogP contribution in [0.5, 0.6) is 5.75 Å². The van der Waals surface area contributed by atoms with Crippen LogP contribution in [0.25, 0.3) is 0 Å². The number of benzene rings is 1. The van der Waals surface area contributed by atoms with Crippen LogP contribution >= 0.6 is 11.6 Å². The molecule has 1 N–H and O–H groups in total. The molecule has 0 unspecified atom stereocenters. The summed E-state index contributed by atoms with van der Waals surface area (Å²) in [6.45, 7) is -0.225. The smallest absolute Gasteiger partial charge is 0.270 e. The van der Waals surface area contributed by atoms with Gasteiger partial charge in [-0.15, -0.1) is 0 Å². The number of hydrogen-bond donors (Lipinski definition) is 1. The highest BCUT2D eigenvalue weighted by Crippen LogP contribution is 2.22. The fourth-order valence-electron chi connectivity index (χ4n) is 0.804. The second kappa shape index (κ2) is 5.10. The standard InChI is InChI=1S/C9H7ClN2O2/c10-7-3-1-2-4-8(7)14-5-9(13)12-6-11/h1-4H,5H2,(H,12,13). The minimum Gasteiger partial charge on any atom is -0.482 e. The fraction of sp³-hybridized carbons (Fsp3) is 0.111. The molecule has 1 amide bonds. The molecule has 1 aromatic rings. The number of rotatable bonds is 3. The Balaban J connectivity index is 2.51. The van der Waals surface area contributed by atoms with Gasteiger partial charge >= 0.3 is 0 Å². The highest BCUT2D eigenvalue weighted by atomic mass is 35.5. The molecule has 5 heteroatoms. The van der Waals surface area contributed by atoms with Crippen molar-refractivity contribution in [3.8, 4) is 11.9 Å². The summed E-state index contributed by atoms with van der Waals surface area (Å²) in [4.78, 5) is 10.8. The minimum atomic E-state index is -0.507. The molecule has 0 saturated heterocycles. The average Bonchev–Trinajstić information content (AvgIpc) is 2.17. The lowest BCUT2D eigenvalue weighted by Crippen LogP contribution is -2.24. The van der Waals surface area contributed by atoms with Crippen LogP contribution in [0.4, 0.5) is 0 Å². The van der Waals surface area contributed by atoms with Crippen molar-refractivity contribution in [2.24, 2.45) is 0 Å². The van der Waals surface area contributed by atoms with Gasteiger partial charge in [-0.25, -0.2) is 0 Å². The Labute approximate surface area is 86.0 Å². The van der Waals surface area contributed by atoms with Crippen LogP contribution in [0.15, 0.2) is 24.3 Å². The first-order chi connectivity index (χ1) is 6.74. The Bertz CT molecular complexity index is 373. The fourth-order valence-corrected chi connectivity index (χ4v) is 0.994. The predicted molar refractivity (Wildman–Crippen MR) is 50.7 cm³/mol. The number of carbonyl (C=O) groups is 1. The van der Waals surface area contributed by atoms with Crippen LogP contribution in [0, 0.1) is 11.5 Å². The number of amides is 1. The van der Waals surface area contributed by atoms with E-state index in [1.807, 2.05) is 5.32 Å². The zero-order valence-electron chi connectivity index (χ0n) is 7.16. The summed E-state index contributed by atoms with van der Waals surface area (Å²) in [5.74, 6) is -0.0883. The van der Waals surface area contributed by atoms with Crippen LogP contribution in [-0.4, -0.2) is 12.5 Å². The molecular weight excluding hydrogens is 204 g/mol. The van der Waals surface area contributed by atoms with E-state index >= 15 is 0 Å². The summed E-state index contributed by atoms with van der Waals surface area (Å²) >= 11 is 5.76. The summed E-state index contributed by atoms with van der Waals surface area (Å²) in [5.41, 5.74) is 0. The third kappa shape index (κ3) is 2.96. The molecule has 72 valence electrons. The molecule has 0 fully saturated rings. The zero-order valence-corrected chi connectivity index (χ0v) is 7.91. The van der Waals surface area contributed by atoms with E-state index in [4.69, 9.17) is 21.6 Å². The number of nitriles is 1. The van der Waals surface area contributed by atoms with Crippen molar-refractivity contribution in [1.29, 1.82) is 5.26 Å². The number of carbonyl (C=O) groups excluding carboxylic acids is 1. The highest BCUT2D eigenvalue weighted by Gasteiger charge is 2.03. The Kier molecular flexibility index (Phi) is 3.77. The summed E-state index contributed by atoms with van der Waals surface area (Å²) < 4.78 is 5.06. The van der Waals surface area contributed by atoms with E-state index in [0.717, 1.165) is 0 Å². The highest BCUT2D eigenvalue weighted by molar-refractivity contribution is 6.32. The molecule has 0 spiro atoms. The molecule has 4 nitrogen and oxygen atoms in total. The normalized spacial score (nSPS) is 8.86. The third-order valence-electron chi connectivity index (χ3n) is 1.39. The van der Waals surface area contributed by atoms with Crippen LogP contribution in [-0.2, 0) is 4.79 Å². The van der Waals surface area contributed by atoms with Crippen molar-refractivity contribution in [3.63, 3.8) is 0 Å².